The quantitative estimate of drug-likeness (QED) is 0.804. The minimum absolute atomic E-state index is 0.0261. The van der Waals surface area contributed by atoms with E-state index in [1.165, 1.54) is 5.56 Å². The summed E-state index contributed by atoms with van der Waals surface area (Å²) in [5, 5.41) is 0. The van der Waals surface area contributed by atoms with E-state index in [1.54, 1.807) is 0 Å². The van der Waals surface area contributed by atoms with Gasteiger partial charge in [0.2, 0.25) is 0 Å². The Balaban J connectivity index is 2.12. The molecule has 0 fully saturated rings. The fourth-order valence-corrected chi connectivity index (χ4v) is 2.08. The van der Waals surface area contributed by atoms with Crippen LogP contribution in [-0.2, 0) is 6.42 Å². The molecule has 0 spiro atoms. The summed E-state index contributed by atoms with van der Waals surface area (Å²) in [6.07, 6.45) is 0.827. The molecular weight excluding hydrogens is 242 g/mol. The van der Waals surface area contributed by atoms with Gasteiger partial charge in [0.05, 0.1) is 0 Å². The van der Waals surface area contributed by atoms with Crippen LogP contribution in [0.15, 0.2) is 73.3 Å². The van der Waals surface area contributed by atoms with Crippen LogP contribution >= 0.6 is 0 Å². The van der Waals surface area contributed by atoms with Gasteiger partial charge in [-0.3, -0.25) is 0 Å². The highest BCUT2D eigenvalue weighted by Crippen LogP contribution is 2.22. The maximum Gasteiger partial charge on any atom is 0.0289 e. The van der Waals surface area contributed by atoms with E-state index in [0.29, 0.717) is 0 Å². The van der Waals surface area contributed by atoms with Gasteiger partial charge in [0, 0.05) is 6.04 Å². The molecule has 0 saturated heterocycles. The average molecular weight is 263 g/mol. The molecule has 0 heterocycles. The molecular formula is C19H21N. The van der Waals surface area contributed by atoms with Crippen molar-refractivity contribution in [3.63, 3.8) is 0 Å². The van der Waals surface area contributed by atoms with Crippen molar-refractivity contribution in [2.45, 2.75) is 19.4 Å². The van der Waals surface area contributed by atoms with Gasteiger partial charge in [-0.1, -0.05) is 73.3 Å². The van der Waals surface area contributed by atoms with E-state index in [0.717, 1.165) is 28.7 Å². The van der Waals surface area contributed by atoms with Gasteiger partial charge in [-0.2, -0.15) is 0 Å². The predicted octanol–water partition coefficient (Wildman–Crippen LogP) is 4.19. The number of nitrogens with two attached hydrogens (primary N) is 1. The molecule has 2 aromatic carbocycles. The molecule has 0 bridgehead atoms. The minimum atomic E-state index is 0.0261. The Morgan fingerprint density at radius 1 is 0.950 bits per heavy atom. The first-order valence-electron chi connectivity index (χ1n) is 6.82. The highest BCUT2D eigenvalue weighted by atomic mass is 14.6. The van der Waals surface area contributed by atoms with E-state index < -0.39 is 0 Å². The van der Waals surface area contributed by atoms with Gasteiger partial charge in [0.1, 0.15) is 0 Å². The summed E-state index contributed by atoms with van der Waals surface area (Å²) in [5.74, 6) is 0. The van der Waals surface area contributed by atoms with Crippen LogP contribution in [0.3, 0.4) is 0 Å². The highest BCUT2D eigenvalue weighted by Gasteiger charge is 2.06. The Morgan fingerprint density at radius 2 is 1.50 bits per heavy atom. The standard InChI is InChI=1S/C19H21N/c1-14(2)19(20)13-16-9-11-18(12-10-16)15(3)17-7-5-4-6-8-17/h4-12,19H,1,3,13,20H2,2H3. The summed E-state index contributed by atoms with van der Waals surface area (Å²) in [6, 6.07) is 18.7. The molecule has 0 aliphatic carbocycles. The van der Waals surface area contributed by atoms with Gasteiger partial charge in [-0.15, -0.1) is 0 Å². The van der Waals surface area contributed by atoms with Crippen molar-refractivity contribution in [3.8, 4) is 0 Å². The molecule has 102 valence electrons. The maximum atomic E-state index is 6.02. The van der Waals surface area contributed by atoms with Crippen LogP contribution in [0.25, 0.3) is 5.57 Å². The second kappa shape index (κ2) is 6.36. The highest BCUT2D eigenvalue weighted by molar-refractivity contribution is 5.77. The zero-order valence-electron chi connectivity index (χ0n) is 12.0. The molecule has 0 amide bonds. The molecule has 1 heteroatoms. The van der Waals surface area contributed by atoms with Crippen molar-refractivity contribution in [2.24, 2.45) is 5.73 Å². The molecule has 2 N–H and O–H groups in total. The third kappa shape index (κ3) is 3.46. The van der Waals surface area contributed by atoms with Gasteiger partial charge < -0.3 is 5.73 Å². The molecule has 0 aliphatic heterocycles. The fraction of sp³-hybridized carbons (Fsp3) is 0.158. The molecule has 1 unspecified atom stereocenters. The van der Waals surface area contributed by atoms with Gasteiger partial charge in [0.25, 0.3) is 0 Å². The first kappa shape index (κ1) is 14.3. The van der Waals surface area contributed by atoms with Crippen LogP contribution in [0.2, 0.25) is 0 Å². The number of hydrogen-bond donors (Lipinski definition) is 1. The molecule has 2 rings (SSSR count). The molecule has 1 nitrogen and oxygen atoms in total. The molecule has 0 aromatic heterocycles. The van der Waals surface area contributed by atoms with Gasteiger partial charge in [-0.25, -0.2) is 0 Å². The van der Waals surface area contributed by atoms with E-state index in [1.807, 2.05) is 25.1 Å². The lowest BCUT2D eigenvalue weighted by Gasteiger charge is -2.12. The lowest BCUT2D eigenvalue weighted by Crippen LogP contribution is -2.23. The topological polar surface area (TPSA) is 26.0 Å². The first-order valence-corrected chi connectivity index (χ1v) is 6.82. The van der Waals surface area contributed by atoms with E-state index >= 15 is 0 Å². The summed E-state index contributed by atoms with van der Waals surface area (Å²) in [7, 11) is 0. The van der Waals surface area contributed by atoms with Crippen molar-refractivity contribution in [3.05, 3.63) is 90.0 Å². The van der Waals surface area contributed by atoms with Crippen LogP contribution < -0.4 is 5.73 Å². The van der Waals surface area contributed by atoms with Crippen LogP contribution in [-0.4, -0.2) is 6.04 Å². The maximum absolute atomic E-state index is 6.02. The van der Waals surface area contributed by atoms with Gasteiger partial charge in [0.15, 0.2) is 0 Å². The fourth-order valence-electron chi connectivity index (χ4n) is 2.08. The molecule has 1 atom stereocenters. The van der Waals surface area contributed by atoms with Crippen molar-refractivity contribution in [1.29, 1.82) is 0 Å². The Morgan fingerprint density at radius 3 is 2.05 bits per heavy atom. The molecule has 0 aliphatic rings. The second-order valence-corrected chi connectivity index (χ2v) is 5.20. The van der Waals surface area contributed by atoms with Crippen molar-refractivity contribution >= 4 is 5.57 Å². The van der Waals surface area contributed by atoms with Crippen molar-refractivity contribution in [2.75, 3.05) is 0 Å². The summed E-state index contributed by atoms with van der Waals surface area (Å²) in [6.45, 7) is 10.0. The van der Waals surface area contributed by atoms with Crippen LogP contribution in [0.1, 0.15) is 23.6 Å². The zero-order valence-corrected chi connectivity index (χ0v) is 12.0. The Hall–Kier alpha value is -2.12. The molecule has 2 aromatic rings. The number of benzene rings is 2. The average Bonchev–Trinajstić information content (AvgIpc) is 2.48. The Kier molecular flexibility index (Phi) is 4.54. The monoisotopic (exact) mass is 263 g/mol. The van der Waals surface area contributed by atoms with Crippen LogP contribution in [0.5, 0.6) is 0 Å². The lowest BCUT2D eigenvalue weighted by molar-refractivity contribution is 0.766. The van der Waals surface area contributed by atoms with Gasteiger partial charge >= 0.3 is 0 Å². The van der Waals surface area contributed by atoms with Crippen molar-refractivity contribution in [1.82, 2.24) is 0 Å². The van der Waals surface area contributed by atoms with E-state index in [4.69, 9.17) is 5.73 Å². The largest absolute Gasteiger partial charge is 0.324 e. The predicted molar refractivity (Wildman–Crippen MR) is 87.5 cm³/mol. The zero-order chi connectivity index (χ0) is 14.5. The van der Waals surface area contributed by atoms with Crippen LogP contribution in [0.4, 0.5) is 0 Å². The third-order valence-electron chi connectivity index (χ3n) is 3.51. The summed E-state index contributed by atoms with van der Waals surface area (Å²) in [4.78, 5) is 0. The van der Waals surface area contributed by atoms with E-state index in [-0.39, 0.29) is 6.04 Å². The number of hydrogen-bond acceptors (Lipinski definition) is 1. The third-order valence-corrected chi connectivity index (χ3v) is 3.51. The molecule has 0 saturated carbocycles. The molecule has 0 radical (unpaired) electrons. The summed E-state index contributed by atoms with van der Waals surface area (Å²) in [5.41, 5.74) is 11.6. The Labute approximate surface area is 121 Å². The summed E-state index contributed by atoms with van der Waals surface area (Å²) >= 11 is 0. The number of rotatable bonds is 5. The SMILES string of the molecule is C=C(c1ccccc1)c1ccc(CC(N)C(=C)C)cc1. The lowest BCUT2D eigenvalue weighted by atomic mass is 9.96. The van der Waals surface area contributed by atoms with Crippen molar-refractivity contribution < 1.29 is 0 Å². The van der Waals surface area contributed by atoms with E-state index in [2.05, 4.69) is 49.6 Å². The van der Waals surface area contributed by atoms with Crippen LogP contribution in [0, 0.1) is 0 Å². The summed E-state index contributed by atoms with van der Waals surface area (Å²) < 4.78 is 0. The second-order valence-electron chi connectivity index (χ2n) is 5.20. The normalized spacial score (nSPS) is 11.9. The smallest absolute Gasteiger partial charge is 0.0289 e. The van der Waals surface area contributed by atoms with Gasteiger partial charge in [-0.05, 0) is 35.6 Å². The minimum Gasteiger partial charge on any atom is -0.324 e. The first-order chi connectivity index (χ1) is 9.58. The molecule has 20 heavy (non-hydrogen) atoms. The van der Waals surface area contributed by atoms with E-state index in [9.17, 15) is 0 Å². The Bertz CT molecular complexity index is 593.